The van der Waals surface area contributed by atoms with Gasteiger partial charge in [0, 0.05) is 31.2 Å². The van der Waals surface area contributed by atoms with Crippen LogP contribution in [0.2, 0.25) is 0 Å². The van der Waals surface area contributed by atoms with Crippen LogP contribution in [-0.2, 0) is 9.53 Å². The van der Waals surface area contributed by atoms with E-state index in [1.54, 1.807) is 7.11 Å². The molecule has 1 aliphatic rings. The second-order valence-electron chi connectivity index (χ2n) is 3.56. The summed E-state index contributed by atoms with van der Waals surface area (Å²) in [5, 5.41) is 0.608. The van der Waals surface area contributed by atoms with Crippen LogP contribution in [0.4, 0.5) is 0 Å². The molecule has 1 heterocycles. The van der Waals surface area contributed by atoms with Gasteiger partial charge >= 0.3 is 0 Å². The van der Waals surface area contributed by atoms with E-state index in [4.69, 9.17) is 4.74 Å². The largest absolute Gasteiger partial charge is 0.372 e. The predicted octanol–water partition coefficient (Wildman–Crippen LogP) is 1.38. The number of carbonyl (C=O) groups is 1. The topological polar surface area (TPSA) is 29.5 Å². The fraction of sp³-hybridized carbons (Fsp3) is 0.900. The van der Waals surface area contributed by atoms with Crippen LogP contribution in [-0.4, -0.2) is 48.1 Å². The van der Waals surface area contributed by atoms with Crippen LogP contribution in [0.25, 0.3) is 0 Å². The monoisotopic (exact) mass is 217 g/mol. The van der Waals surface area contributed by atoms with Gasteiger partial charge in [-0.1, -0.05) is 6.92 Å². The van der Waals surface area contributed by atoms with Crippen LogP contribution in [0.1, 0.15) is 20.3 Å². The lowest BCUT2D eigenvalue weighted by Crippen LogP contribution is -2.46. The summed E-state index contributed by atoms with van der Waals surface area (Å²) < 4.78 is 5.04. The van der Waals surface area contributed by atoms with Crippen LogP contribution >= 0.6 is 11.8 Å². The minimum absolute atomic E-state index is 0.131. The Morgan fingerprint density at radius 2 is 2.43 bits per heavy atom. The van der Waals surface area contributed by atoms with Gasteiger partial charge in [-0.3, -0.25) is 4.79 Å². The van der Waals surface area contributed by atoms with E-state index in [1.807, 2.05) is 23.6 Å². The summed E-state index contributed by atoms with van der Waals surface area (Å²) in [6.07, 6.45) is 0.839. The minimum atomic E-state index is -0.296. The van der Waals surface area contributed by atoms with Gasteiger partial charge < -0.3 is 9.64 Å². The summed E-state index contributed by atoms with van der Waals surface area (Å²) in [6.45, 7) is 5.73. The second-order valence-corrected chi connectivity index (χ2v) is 4.97. The van der Waals surface area contributed by atoms with E-state index in [2.05, 4.69) is 6.92 Å². The van der Waals surface area contributed by atoms with Crippen molar-refractivity contribution in [3.63, 3.8) is 0 Å². The molecular weight excluding hydrogens is 198 g/mol. The van der Waals surface area contributed by atoms with Gasteiger partial charge in [-0.05, 0) is 13.3 Å². The van der Waals surface area contributed by atoms with Gasteiger partial charge in [-0.25, -0.2) is 0 Å². The highest BCUT2D eigenvalue weighted by molar-refractivity contribution is 8.00. The predicted molar refractivity (Wildman–Crippen MR) is 59.6 cm³/mol. The summed E-state index contributed by atoms with van der Waals surface area (Å²) in [6, 6.07) is 0. The van der Waals surface area contributed by atoms with Gasteiger partial charge in [0.2, 0.25) is 0 Å². The Morgan fingerprint density at radius 1 is 1.71 bits per heavy atom. The lowest BCUT2D eigenvalue weighted by molar-refractivity contribution is -0.140. The molecular formula is C10H19NO2S. The first kappa shape index (κ1) is 11.9. The van der Waals surface area contributed by atoms with Crippen LogP contribution in [0, 0.1) is 0 Å². The lowest BCUT2D eigenvalue weighted by atomic mass is 10.2. The van der Waals surface area contributed by atoms with E-state index >= 15 is 0 Å². The molecule has 0 aromatic rings. The fourth-order valence-corrected chi connectivity index (χ4v) is 2.70. The maximum atomic E-state index is 11.8. The van der Waals surface area contributed by atoms with Gasteiger partial charge in [0.25, 0.3) is 5.91 Å². The number of hydrogen-bond donors (Lipinski definition) is 0. The first-order valence-corrected chi connectivity index (χ1v) is 6.17. The van der Waals surface area contributed by atoms with Gasteiger partial charge in [0.05, 0.1) is 0 Å². The molecule has 2 atom stereocenters. The van der Waals surface area contributed by atoms with E-state index in [-0.39, 0.29) is 12.0 Å². The average Bonchev–Trinajstić information content (AvgIpc) is 2.27. The third kappa shape index (κ3) is 2.89. The highest BCUT2D eigenvalue weighted by Gasteiger charge is 2.25. The number of rotatable bonds is 3. The van der Waals surface area contributed by atoms with Crippen molar-refractivity contribution in [1.29, 1.82) is 0 Å². The van der Waals surface area contributed by atoms with E-state index in [0.717, 1.165) is 25.3 Å². The zero-order valence-corrected chi connectivity index (χ0v) is 9.97. The van der Waals surface area contributed by atoms with Gasteiger partial charge in [0.1, 0.15) is 6.10 Å². The molecule has 0 aromatic heterocycles. The molecule has 0 radical (unpaired) electrons. The molecule has 0 bridgehead atoms. The van der Waals surface area contributed by atoms with Crippen LogP contribution in [0.5, 0.6) is 0 Å². The molecule has 0 spiro atoms. The zero-order valence-electron chi connectivity index (χ0n) is 9.16. The van der Waals surface area contributed by atoms with Crippen LogP contribution in [0.15, 0.2) is 0 Å². The standard InChI is InChI=1S/C10H19NO2S/c1-4-9-7-11(5-6-14-9)10(12)8(2)13-3/h8-9H,4-7H2,1-3H3. The number of methoxy groups -OCH3 is 1. The van der Waals surface area contributed by atoms with Crippen molar-refractivity contribution < 1.29 is 9.53 Å². The number of thioether (sulfide) groups is 1. The Kier molecular flexibility index (Phi) is 4.75. The molecule has 82 valence electrons. The maximum Gasteiger partial charge on any atom is 0.251 e. The number of hydrogen-bond acceptors (Lipinski definition) is 3. The van der Waals surface area contributed by atoms with Crippen LogP contribution < -0.4 is 0 Å². The molecule has 14 heavy (non-hydrogen) atoms. The Labute approximate surface area is 90.2 Å². The summed E-state index contributed by atoms with van der Waals surface area (Å²) in [5.74, 6) is 1.19. The second kappa shape index (κ2) is 5.61. The summed E-state index contributed by atoms with van der Waals surface area (Å²) in [7, 11) is 1.58. The van der Waals surface area contributed by atoms with E-state index in [0.29, 0.717) is 5.25 Å². The van der Waals surface area contributed by atoms with Gasteiger partial charge in [0.15, 0.2) is 0 Å². The minimum Gasteiger partial charge on any atom is -0.372 e. The average molecular weight is 217 g/mol. The normalized spacial score (nSPS) is 24.8. The quantitative estimate of drug-likeness (QED) is 0.715. The Balaban J connectivity index is 2.47. The zero-order chi connectivity index (χ0) is 10.6. The fourth-order valence-electron chi connectivity index (χ4n) is 1.52. The van der Waals surface area contributed by atoms with Crippen molar-refractivity contribution in [3.8, 4) is 0 Å². The third-order valence-electron chi connectivity index (χ3n) is 2.61. The van der Waals surface area contributed by atoms with Crippen molar-refractivity contribution in [2.24, 2.45) is 0 Å². The summed E-state index contributed by atoms with van der Waals surface area (Å²) in [5.41, 5.74) is 0. The Morgan fingerprint density at radius 3 is 3.00 bits per heavy atom. The highest BCUT2D eigenvalue weighted by atomic mass is 32.2. The summed E-state index contributed by atoms with van der Waals surface area (Å²) >= 11 is 1.97. The molecule has 1 aliphatic heterocycles. The van der Waals surface area contributed by atoms with E-state index < -0.39 is 0 Å². The molecule has 0 aromatic carbocycles. The van der Waals surface area contributed by atoms with Gasteiger partial charge in [-0.15, -0.1) is 0 Å². The lowest BCUT2D eigenvalue weighted by Gasteiger charge is -2.33. The maximum absolute atomic E-state index is 11.8. The molecule has 0 N–H and O–H groups in total. The molecule has 1 fully saturated rings. The van der Waals surface area contributed by atoms with Crippen molar-refractivity contribution in [2.75, 3.05) is 26.0 Å². The number of ether oxygens (including phenoxy) is 1. The molecule has 3 nitrogen and oxygen atoms in total. The first-order chi connectivity index (χ1) is 6.69. The molecule has 0 saturated carbocycles. The molecule has 4 heteroatoms. The van der Waals surface area contributed by atoms with Crippen LogP contribution in [0.3, 0.4) is 0 Å². The third-order valence-corrected chi connectivity index (χ3v) is 3.98. The van der Waals surface area contributed by atoms with E-state index in [1.165, 1.54) is 0 Å². The van der Waals surface area contributed by atoms with E-state index in [9.17, 15) is 4.79 Å². The number of amides is 1. The molecule has 0 aliphatic carbocycles. The first-order valence-electron chi connectivity index (χ1n) is 5.12. The van der Waals surface area contributed by atoms with Crippen molar-refractivity contribution >= 4 is 17.7 Å². The SMILES string of the molecule is CCC1CN(C(=O)C(C)OC)CCS1. The molecule has 2 unspecified atom stereocenters. The smallest absolute Gasteiger partial charge is 0.251 e. The van der Waals surface area contributed by atoms with Gasteiger partial charge in [-0.2, -0.15) is 11.8 Å². The van der Waals surface area contributed by atoms with Crippen molar-refractivity contribution in [1.82, 2.24) is 4.90 Å². The Bertz CT molecular complexity index is 199. The van der Waals surface area contributed by atoms with Crippen molar-refractivity contribution in [2.45, 2.75) is 31.6 Å². The molecule has 1 rings (SSSR count). The van der Waals surface area contributed by atoms with Crippen molar-refractivity contribution in [3.05, 3.63) is 0 Å². The summed E-state index contributed by atoms with van der Waals surface area (Å²) in [4.78, 5) is 13.7. The number of nitrogens with zero attached hydrogens (tertiary/aromatic N) is 1. The molecule has 1 amide bonds. The molecule has 1 saturated heterocycles. The number of carbonyl (C=O) groups excluding carboxylic acids is 1. The highest BCUT2D eigenvalue weighted by Crippen LogP contribution is 2.21. The Hall–Kier alpha value is -0.220.